The average Bonchev–Trinajstić information content (AvgIpc) is 2.82. The molecule has 102 valence electrons. The normalized spacial score (nSPS) is 19.0. The third-order valence-electron chi connectivity index (χ3n) is 3.90. The topological polar surface area (TPSA) is 12.0 Å². The minimum Gasteiger partial charge on any atom is -0.309 e. The molecule has 0 radical (unpaired) electrons. The Morgan fingerprint density at radius 2 is 2.17 bits per heavy atom. The van der Waals surface area contributed by atoms with Crippen LogP contribution >= 0.6 is 27.3 Å². The highest BCUT2D eigenvalue weighted by Crippen LogP contribution is 2.36. The molecule has 0 amide bonds. The van der Waals surface area contributed by atoms with Gasteiger partial charge in [-0.1, -0.05) is 39.0 Å². The van der Waals surface area contributed by atoms with Gasteiger partial charge >= 0.3 is 0 Å². The van der Waals surface area contributed by atoms with Crippen molar-refractivity contribution in [1.29, 1.82) is 0 Å². The number of nitrogens with one attached hydrogen (secondary N) is 1. The van der Waals surface area contributed by atoms with E-state index in [1.165, 1.54) is 54.3 Å². The second kappa shape index (κ2) is 7.66. The molecule has 1 nitrogen and oxygen atoms in total. The molecule has 0 saturated heterocycles. The lowest BCUT2D eigenvalue weighted by Gasteiger charge is -2.27. The maximum Gasteiger partial charge on any atom is 0.0428 e. The molecule has 0 bridgehead atoms. The molecule has 1 aromatic heterocycles. The van der Waals surface area contributed by atoms with Gasteiger partial charge in [-0.05, 0) is 52.7 Å². The fraction of sp³-hybridized carbons (Fsp3) is 0.733. The van der Waals surface area contributed by atoms with Gasteiger partial charge in [-0.15, -0.1) is 11.3 Å². The standard InChI is InChI=1S/C15H24BrNS/c1-2-9-17-14(15-13(16)8-10-18-15)11-12-6-4-3-5-7-12/h8,10,12,14,17H,2-7,9,11H2,1H3. The van der Waals surface area contributed by atoms with Gasteiger partial charge in [0.05, 0.1) is 0 Å². The van der Waals surface area contributed by atoms with Crippen molar-refractivity contribution < 1.29 is 0 Å². The lowest BCUT2D eigenvalue weighted by atomic mass is 9.84. The first kappa shape index (κ1) is 14.5. The van der Waals surface area contributed by atoms with Gasteiger partial charge < -0.3 is 5.32 Å². The summed E-state index contributed by atoms with van der Waals surface area (Å²) in [6, 6.07) is 2.74. The maximum atomic E-state index is 3.74. The lowest BCUT2D eigenvalue weighted by molar-refractivity contribution is 0.301. The van der Waals surface area contributed by atoms with E-state index in [9.17, 15) is 0 Å². The van der Waals surface area contributed by atoms with Crippen LogP contribution in [0, 0.1) is 5.92 Å². The summed E-state index contributed by atoms with van der Waals surface area (Å²) < 4.78 is 1.29. The van der Waals surface area contributed by atoms with Crippen LogP contribution in [0.2, 0.25) is 0 Å². The molecule has 1 saturated carbocycles. The fourth-order valence-electron chi connectivity index (χ4n) is 2.91. The first-order valence-electron chi connectivity index (χ1n) is 7.27. The Hall–Kier alpha value is 0.140. The van der Waals surface area contributed by atoms with Crippen molar-refractivity contribution in [3.63, 3.8) is 0 Å². The summed E-state index contributed by atoms with van der Waals surface area (Å²) in [5, 5.41) is 5.94. The third-order valence-corrected chi connectivity index (χ3v) is 5.88. The van der Waals surface area contributed by atoms with E-state index in [4.69, 9.17) is 0 Å². The summed E-state index contributed by atoms with van der Waals surface area (Å²) >= 11 is 5.58. The smallest absolute Gasteiger partial charge is 0.0428 e. The predicted molar refractivity (Wildman–Crippen MR) is 84.2 cm³/mol. The second-order valence-corrected chi connectivity index (χ2v) is 7.18. The summed E-state index contributed by atoms with van der Waals surface area (Å²) in [4.78, 5) is 1.49. The zero-order valence-corrected chi connectivity index (χ0v) is 13.7. The van der Waals surface area contributed by atoms with E-state index >= 15 is 0 Å². The molecular weight excluding hydrogens is 306 g/mol. The Morgan fingerprint density at radius 3 is 2.78 bits per heavy atom. The Labute approximate surface area is 123 Å². The molecule has 0 aromatic carbocycles. The molecule has 2 rings (SSSR count). The van der Waals surface area contributed by atoms with E-state index in [0.29, 0.717) is 6.04 Å². The summed E-state index contributed by atoms with van der Waals surface area (Å²) in [5.74, 6) is 0.933. The van der Waals surface area contributed by atoms with Crippen molar-refractivity contribution in [2.24, 2.45) is 5.92 Å². The van der Waals surface area contributed by atoms with Gasteiger partial charge in [-0.2, -0.15) is 0 Å². The number of hydrogen-bond donors (Lipinski definition) is 1. The van der Waals surface area contributed by atoms with Crippen LogP contribution in [-0.4, -0.2) is 6.54 Å². The van der Waals surface area contributed by atoms with Crippen molar-refractivity contribution >= 4 is 27.3 Å². The van der Waals surface area contributed by atoms with Crippen molar-refractivity contribution in [3.8, 4) is 0 Å². The van der Waals surface area contributed by atoms with Crippen LogP contribution in [0.25, 0.3) is 0 Å². The highest BCUT2D eigenvalue weighted by atomic mass is 79.9. The van der Waals surface area contributed by atoms with E-state index in [2.05, 4.69) is 39.6 Å². The van der Waals surface area contributed by atoms with Crippen LogP contribution in [0.3, 0.4) is 0 Å². The van der Waals surface area contributed by atoms with Crippen molar-refractivity contribution in [1.82, 2.24) is 5.32 Å². The summed E-state index contributed by atoms with van der Waals surface area (Å²) in [7, 11) is 0. The molecule has 1 fully saturated rings. The van der Waals surface area contributed by atoms with Gasteiger partial charge in [-0.3, -0.25) is 0 Å². The van der Waals surface area contributed by atoms with E-state index < -0.39 is 0 Å². The fourth-order valence-corrected chi connectivity index (χ4v) is 4.65. The Morgan fingerprint density at radius 1 is 1.39 bits per heavy atom. The molecule has 1 aromatic rings. The van der Waals surface area contributed by atoms with Gasteiger partial charge in [0.15, 0.2) is 0 Å². The molecule has 1 heterocycles. The summed E-state index contributed by atoms with van der Waals surface area (Å²) in [6.45, 7) is 3.37. The van der Waals surface area contributed by atoms with Gasteiger partial charge in [-0.25, -0.2) is 0 Å². The largest absolute Gasteiger partial charge is 0.309 e. The molecule has 0 spiro atoms. The third kappa shape index (κ3) is 4.07. The average molecular weight is 330 g/mol. The van der Waals surface area contributed by atoms with Gasteiger partial charge in [0.1, 0.15) is 0 Å². The molecule has 3 heteroatoms. The quantitative estimate of drug-likeness (QED) is 0.724. The van der Waals surface area contributed by atoms with Crippen LogP contribution in [0.5, 0.6) is 0 Å². The van der Waals surface area contributed by atoms with E-state index in [1.807, 2.05) is 11.3 Å². The number of thiophene rings is 1. The van der Waals surface area contributed by atoms with E-state index in [-0.39, 0.29) is 0 Å². The number of halogens is 1. The number of hydrogen-bond acceptors (Lipinski definition) is 2. The number of rotatable bonds is 6. The summed E-state index contributed by atoms with van der Waals surface area (Å²) in [6.07, 6.45) is 9.74. The minimum absolute atomic E-state index is 0.558. The molecule has 1 aliphatic carbocycles. The van der Waals surface area contributed by atoms with E-state index in [0.717, 1.165) is 12.5 Å². The van der Waals surface area contributed by atoms with Crippen LogP contribution in [0.15, 0.2) is 15.9 Å². The molecule has 0 aliphatic heterocycles. The lowest BCUT2D eigenvalue weighted by Crippen LogP contribution is -2.25. The van der Waals surface area contributed by atoms with Crippen molar-refractivity contribution in [2.75, 3.05) is 6.54 Å². The maximum absolute atomic E-state index is 3.74. The highest BCUT2D eigenvalue weighted by molar-refractivity contribution is 9.10. The molecule has 18 heavy (non-hydrogen) atoms. The van der Waals surface area contributed by atoms with Crippen molar-refractivity contribution in [2.45, 2.75) is 57.9 Å². The Bertz CT molecular complexity index is 344. The summed E-state index contributed by atoms with van der Waals surface area (Å²) in [5.41, 5.74) is 0. The molecule has 1 atom stereocenters. The monoisotopic (exact) mass is 329 g/mol. The second-order valence-electron chi connectivity index (χ2n) is 5.38. The molecule has 1 unspecified atom stereocenters. The predicted octanol–water partition coefficient (Wildman–Crippen LogP) is 5.52. The molecule has 1 aliphatic rings. The first-order chi connectivity index (χ1) is 8.81. The van der Waals surface area contributed by atoms with Crippen LogP contribution in [0.1, 0.15) is 62.8 Å². The minimum atomic E-state index is 0.558. The zero-order chi connectivity index (χ0) is 12.8. The molecular formula is C15H24BrNS. The van der Waals surface area contributed by atoms with Crippen LogP contribution in [-0.2, 0) is 0 Å². The van der Waals surface area contributed by atoms with E-state index in [1.54, 1.807) is 0 Å². The van der Waals surface area contributed by atoms with Crippen LogP contribution in [0.4, 0.5) is 0 Å². The van der Waals surface area contributed by atoms with Gasteiger partial charge in [0, 0.05) is 15.4 Å². The Balaban J connectivity index is 1.98. The molecule has 1 N–H and O–H groups in total. The van der Waals surface area contributed by atoms with Crippen molar-refractivity contribution in [3.05, 3.63) is 20.8 Å². The highest BCUT2D eigenvalue weighted by Gasteiger charge is 2.21. The van der Waals surface area contributed by atoms with Gasteiger partial charge in [0.25, 0.3) is 0 Å². The first-order valence-corrected chi connectivity index (χ1v) is 8.94. The zero-order valence-electron chi connectivity index (χ0n) is 11.3. The van der Waals surface area contributed by atoms with Crippen LogP contribution < -0.4 is 5.32 Å². The SMILES string of the molecule is CCCNC(CC1CCCCC1)c1sccc1Br. The Kier molecular flexibility index (Phi) is 6.19. The van der Waals surface area contributed by atoms with Gasteiger partial charge in [0.2, 0.25) is 0 Å².